The molecule has 0 amide bonds. The molecule has 0 aliphatic heterocycles. The normalized spacial score (nSPS) is 9.74. The lowest BCUT2D eigenvalue weighted by molar-refractivity contribution is 0.295. The number of nitrogens with two attached hydrogens (primary N) is 1. The predicted molar refractivity (Wildman–Crippen MR) is 163 cm³/mol. The largest absolute Gasteiger partial charge is 0.396 e. The van der Waals surface area contributed by atoms with Crippen LogP contribution in [0.1, 0.15) is 55.1 Å². The van der Waals surface area contributed by atoms with Crippen LogP contribution in [0.2, 0.25) is 0 Å². The van der Waals surface area contributed by atoms with Crippen molar-refractivity contribution in [1.29, 1.82) is 10.5 Å². The van der Waals surface area contributed by atoms with E-state index in [0.717, 1.165) is 34.1 Å². The van der Waals surface area contributed by atoms with Crippen molar-refractivity contribution in [3.05, 3.63) is 81.9 Å². The van der Waals surface area contributed by atoms with E-state index in [0.29, 0.717) is 28.5 Å². The average Bonchev–Trinajstić information content (AvgIpc) is 3.41. The van der Waals surface area contributed by atoms with Crippen molar-refractivity contribution >= 4 is 39.7 Å². The summed E-state index contributed by atoms with van der Waals surface area (Å²) in [7, 11) is 0. The summed E-state index contributed by atoms with van der Waals surface area (Å²) < 4.78 is 0. The number of aromatic nitrogens is 2. The van der Waals surface area contributed by atoms with Gasteiger partial charge in [0.25, 0.3) is 0 Å². The third-order valence-corrected chi connectivity index (χ3v) is 7.01. The third-order valence-electron chi connectivity index (χ3n) is 5.19. The number of thiazole rings is 1. The quantitative estimate of drug-likeness (QED) is 0.198. The first-order valence-corrected chi connectivity index (χ1v) is 14.5. The Morgan fingerprint density at radius 2 is 1.51 bits per heavy atom. The number of anilines is 3. The Balaban J connectivity index is 0.000000815. The molecule has 9 heteroatoms. The standard InChI is InChI=1S/C25H20N6S2.C3H8O.C2H6/c1-15-3-7-17(8-4-15)22-20(11-26)23(28)31-24(21(22)12-27)32-13-19-14-33-25(30-19)29-18-9-5-16(2)6-10-18;1-2-3-4;1-2/h3-10,14H,13H2,1-2H3,(H2,28,31)(H,29,30);4H,2-3H2,1H3;1-2H3. The first-order valence-electron chi connectivity index (χ1n) is 12.6. The summed E-state index contributed by atoms with van der Waals surface area (Å²) in [5.74, 6) is 0.640. The Labute approximate surface area is 239 Å². The van der Waals surface area contributed by atoms with Crippen LogP contribution in [0, 0.1) is 36.5 Å². The van der Waals surface area contributed by atoms with Crippen LogP contribution in [0.4, 0.5) is 16.6 Å². The summed E-state index contributed by atoms with van der Waals surface area (Å²) in [6, 6.07) is 20.1. The number of aryl methyl sites for hydroxylation is 2. The molecule has 0 bridgehead atoms. The Morgan fingerprint density at radius 1 is 0.949 bits per heavy atom. The molecular formula is C30H34N6OS2. The molecule has 0 unspecified atom stereocenters. The summed E-state index contributed by atoms with van der Waals surface area (Å²) in [5, 5.41) is 34.0. The third kappa shape index (κ3) is 8.83. The number of nitrogen functional groups attached to an aromatic ring is 1. The minimum absolute atomic E-state index is 0.120. The number of nitrogens with one attached hydrogen (secondary N) is 1. The van der Waals surface area contributed by atoms with Crippen LogP contribution in [-0.4, -0.2) is 21.7 Å². The fourth-order valence-electron chi connectivity index (χ4n) is 3.24. The maximum Gasteiger partial charge on any atom is 0.187 e. The monoisotopic (exact) mass is 558 g/mol. The van der Waals surface area contributed by atoms with Gasteiger partial charge in [0.2, 0.25) is 0 Å². The second kappa shape index (κ2) is 16.2. The molecule has 0 aliphatic rings. The van der Waals surface area contributed by atoms with E-state index in [-0.39, 0.29) is 11.4 Å². The molecule has 4 rings (SSSR count). The van der Waals surface area contributed by atoms with Gasteiger partial charge in [0.15, 0.2) is 5.13 Å². The van der Waals surface area contributed by atoms with Gasteiger partial charge in [0, 0.05) is 29.0 Å². The molecule has 39 heavy (non-hydrogen) atoms. The molecule has 2 aromatic heterocycles. The molecule has 7 nitrogen and oxygen atoms in total. The molecule has 4 N–H and O–H groups in total. The molecular weight excluding hydrogens is 525 g/mol. The maximum absolute atomic E-state index is 9.93. The first kappa shape index (κ1) is 31.3. The second-order valence-corrected chi connectivity index (χ2v) is 9.99. The van der Waals surface area contributed by atoms with Gasteiger partial charge in [-0.25, -0.2) is 9.97 Å². The van der Waals surface area contributed by atoms with Crippen molar-refractivity contribution in [2.75, 3.05) is 17.7 Å². The summed E-state index contributed by atoms with van der Waals surface area (Å²) in [4.78, 5) is 9.01. The lowest BCUT2D eigenvalue weighted by Gasteiger charge is -2.13. The molecule has 202 valence electrons. The Bertz CT molecular complexity index is 1420. The zero-order valence-corrected chi connectivity index (χ0v) is 24.6. The Kier molecular flexibility index (Phi) is 13.0. The topological polar surface area (TPSA) is 132 Å². The first-order chi connectivity index (χ1) is 18.9. The molecule has 0 spiro atoms. The van der Waals surface area contributed by atoms with Crippen LogP contribution < -0.4 is 11.1 Å². The van der Waals surface area contributed by atoms with Crippen LogP contribution in [0.25, 0.3) is 11.1 Å². The van der Waals surface area contributed by atoms with Crippen LogP contribution >= 0.6 is 23.1 Å². The molecule has 4 aromatic rings. The average molecular weight is 559 g/mol. The molecule has 0 radical (unpaired) electrons. The van der Waals surface area contributed by atoms with Crippen molar-refractivity contribution < 1.29 is 5.11 Å². The van der Waals surface area contributed by atoms with Crippen LogP contribution in [0.3, 0.4) is 0 Å². The SMILES string of the molecule is CC.CCCO.Cc1ccc(Nc2nc(CSc3nc(N)c(C#N)c(-c4ccc(C)cc4)c3C#N)cs2)cc1. The van der Waals surface area contributed by atoms with Gasteiger partial charge in [-0.2, -0.15) is 10.5 Å². The van der Waals surface area contributed by atoms with E-state index in [1.807, 2.05) is 88.5 Å². The van der Waals surface area contributed by atoms with Gasteiger partial charge in [-0.05, 0) is 38.0 Å². The highest BCUT2D eigenvalue weighted by Crippen LogP contribution is 2.37. The summed E-state index contributed by atoms with van der Waals surface area (Å²) in [6.45, 7) is 10.3. The van der Waals surface area contributed by atoms with E-state index in [2.05, 4.69) is 27.4 Å². The number of aliphatic hydroxyl groups excluding tert-OH is 1. The summed E-state index contributed by atoms with van der Waals surface area (Å²) >= 11 is 2.90. The van der Waals surface area contributed by atoms with Gasteiger partial charge < -0.3 is 16.2 Å². The summed E-state index contributed by atoms with van der Waals surface area (Å²) in [6.07, 6.45) is 0.875. The van der Waals surface area contributed by atoms with Crippen molar-refractivity contribution in [2.45, 2.75) is 51.8 Å². The number of nitriles is 2. The van der Waals surface area contributed by atoms with Crippen LogP contribution in [0.5, 0.6) is 0 Å². The van der Waals surface area contributed by atoms with Gasteiger partial charge in [-0.15, -0.1) is 11.3 Å². The van der Waals surface area contributed by atoms with E-state index in [9.17, 15) is 10.5 Å². The lowest BCUT2D eigenvalue weighted by Crippen LogP contribution is -2.03. The fourth-order valence-corrected chi connectivity index (χ4v) is 4.97. The zero-order chi connectivity index (χ0) is 28.8. The van der Waals surface area contributed by atoms with Crippen molar-refractivity contribution in [3.8, 4) is 23.3 Å². The number of thioether (sulfide) groups is 1. The fraction of sp³-hybridized carbons (Fsp3) is 0.267. The highest BCUT2D eigenvalue weighted by atomic mass is 32.2. The van der Waals surface area contributed by atoms with Gasteiger partial charge in [0.1, 0.15) is 28.5 Å². The summed E-state index contributed by atoms with van der Waals surface area (Å²) in [5.41, 5.74) is 12.1. The minimum atomic E-state index is 0.120. The predicted octanol–water partition coefficient (Wildman–Crippen LogP) is 7.60. The zero-order valence-electron chi connectivity index (χ0n) is 22.9. The Hall–Kier alpha value is -3.89. The maximum atomic E-state index is 9.93. The molecule has 0 saturated heterocycles. The van der Waals surface area contributed by atoms with Crippen molar-refractivity contribution in [3.63, 3.8) is 0 Å². The van der Waals surface area contributed by atoms with Crippen molar-refractivity contribution in [1.82, 2.24) is 9.97 Å². The number of aliphatic hydroxyl groups is 1. The number of hydrogen-bond donors (Lipinski definition) is 3. The number of rotatable bonds is 7. The van der Waals surface area contributed by atoms with Gasteiger partial charge in [-0.3, -0.25) is 0 Å². The highest BCUT2D eigenvalue weighted by Gasteiger charge is 2.20. The number of benzene rings is 2. The van der Waals surface area contributed by atoms with E-state index in [1.54, 1.807) is 0 Å². The molecule has 2 heterocycles. The minimum Gasteiger partial charge on any atom is -0.396 e. The van der Waals surface area contributed by atoms with E-state index >= 15 is 0 Å². The Morgan fingerprint density at radius 3 is 2.05 bits per heavy atom. The highest BCUT2D eigenvalue weighted by molar-refractivity contribution is 7.98. The number of pyridine rings is 1. The second-order valence-electron chi connectivity index (χ2n) is 8.16. The van der Waals surface area contributed by atoms with Crippen LogP contribution in [0.15, 0.2) is 58.9 Å². The molecule has 2 aromatic carbocycles. The molecule has 0 fully saturated rings. The molecule has 0 atom stereocenters. The van der Waals surface area contributed by atoms with E-state index in [4.69, 9.17) is 10.8 Å². The van der Waals surface area contributed by atoms with Crippen molar-refractivity contribution in [2.24, 2.45) is 0 Å². The van der Waals surface area contributed by atoms with Gasteiger partial charge >= 0.3 is 0 Å². The van der Waals surface area contributed by atoms with Gasteiger partial charge in [0.05, 0.1) is 11.3 Å². The van der Waals surface area contributed by atoms with E-state index < -0.39 is 0 Å². The number of nitrogens with zero attached hydrogens (tertiary/aromatic N) is 4. The molecule has 0 saturated carbocycles. The van der Waals surface area contributed by atoms with Crippen LogP contribution in [-0.2, 0) is 5.75 Å². The van der Waals surface area contributed by atoms with E-state index in [1.165, 1.54) is 28.7 Å². The smallest absolute Gasteiger partial charge is 0.187 e. The molecule has 0 aliphatic carbocycles. The lowest BCUT2D eigenvalue weighted by atomic mass is 9.96. The number of hydrogen-bond acceptors (Lipinski definition) is 9. The van der Waals surface area contributed by atoms with Gasteiger partial charge in [-0.1, -0.05) is 80.1 Å².